The molecule has 29 heavy (non-hydrogen) atoms. The molecule has 3 aromatic carbocycles. The van der Waals surface area contributed by atoms with Gasteiger partial charge in [-0.15, -0.1) is 0 Å². The van der Waals surface area contributed by atoms with Crippen molar-refractivity contribution in [2.75, 3.05) is 6.61 Å². The van der Waals surface area contributed by atoms with Crippen molar-refractivity contribution < 1.29 is 14.1 Å². The van der Waals surface area contributed by atoms with E-state index >= 15 is 0 Å². The lowest BCUT2D eigenvalue weighted by molar-refractivity contribution is -0.348. The molecule has 0 atom stereocenters. The van der Waals surface area contributed by atoms with Crippen LogP contribution in [0.5, 0.6) is 0 Å². The SMILES string of the molecule is O=C(OCC1c2ccccc2-c2ccccc21)[N+](=C=S)c1ccccc1N=C=S. The van der Waals surface area contributed by atoms with Crippen LogP contribution in [-0.2, 0) is 4.74 Å². The third-order valence-electron chi connectivity index (χ3n) is 4.90. The van der Waals surface area contributed by atoms with Gasteiger partial charge in [0.25, 0.3) is 10.8 Å². The fourth-order valence-corrected chi connectivity index (χ4v) is 3.91. The number of thiocarbonyl (C=S) groups is 2. The summed E-state index contributed by atoms with van der Waals surface area (Å²) in [6.45, 7) is 0.193. The van der Waals surface area contributed by atoms with Crippen LogP contribution in [-0.4, -0.2) is 27.6 Å². The Morgan fingerprint density at radius 1 is 0.931 bits per heavy atom. The molecule has 0 aliphatic heterocycles. The topological polar surface area (TPSA) is 41.7 Å². The van der Waals surface area contributed by atoms with Gasteiger partial charge < -0.3 is 4.74 Å². The second-order valence-electron chi connectivity index (χ2n) is 6.42. The number of hydrogen-bond donors (Lipinski definition) is 0. The van der Waals surface area contributed by atoms with E-state index in [0.717, 1.165) is 15.7 Å². The zero-order valence-electron chi connectivity index (χ0n) is 15.2. The maximum Gasteiger partial charge on any atom is 0.612 e. The van der Waals surface area contributed by atoms with Crippen LogP contribution in [0.1, 0.15) is 17.0 Å². The van der Waals surface area contributed by atoms with Gasteiger partial charge in [0, 0.05) is 24.2 Å². The molecule has 0 radical (unpaired) electrons. The van der Waals surface area contributed by atoms with Crippen LogP contribution in [0.15, 0.2) is 77.8 Å². The smallest absolute Gasteiger partial charge is 0.410 e. The molecule has 0 aromatic heterocycles. The molecule has 0 N–H and O–H groups in total. The van der Waals surface area contributed by atoms with E-state index in [1.54, 1.807) is 24.3 Å². The largest absolute Gasteiger partial charge is 0.612 e. The van der Waals surface area contributed by atoms with Gasteiger partial charge >= 0.3 is 6.09 Å². The Morgan fingerprint density at radius 3 is 2.14 bits per heavy atom. The molecule has 0 unspecified atom stereocenters. The van der Waals surface area contributed by atoms with Crippen molar-refractivity contribution in [1.29, 1.82) is 0 Å². The van der Waals surface area contributed by atoms with Crippen molar-refractivity contribution in [3.05, 3.63) is 83.9 Å². The first-order chi connectivity index (χ1) is 14.2. The summed E-state index contributed by atoms with van der Waals surface area (Å²) in [5, 5.41) is 4.76. The monoisotopic (exact) mass is 415 g/mol. The molecule has 0 spiro atoms. The fraction of sp³-hybridized carbons (Fsp3) is 0.0870. The first-order valence-electron chi connectivity index (χ1n) is 8.94. The van der Waals surface area contributed by atoms with Crippen molar-refractivity contribution in [2.24, 2.45) is 4.99 Å². The summed E-state index contributed by atoms with van der Waals surface area (Å²) in [7, 11) is 0. The Bertz CT molecular complexity index is 1160. The van der Waals surface area contributed by atoms with E-state index in [0.29, 0.717) is 11.4 Å². The number of rotatable bonds is 4. The lowest BCUT2D eigenvalue weighted by Gasteiger charge is -2.12. The second kappa shape index (κ2) is 8.39. The molecule has 0 fully saturated rings. The fourth-order valence-electron chi connectivity index (χ4n) is 3.64. The second-order valence-corrected chi connectivity index (χ2v) is 6.79. The van der Waals surface area contributed by atoms with E-state index < -0.39 is 6.09 Å². The maximum atomic E-state index is 12.8. The highest BCUT2D eigenvalue weighted by Gasteiger charge is 2.32. The van der Waals surface area contributed by atoms with Crippen LogP contribution in [0, 0.1) is 0 Å². The van der Waals surface area contributed by atoms with Gasteiger partial charge in [0.05, 0.1) is 5.16 Å². The summed E-state index contributed by atoms with van der Waals surface area (Å²) in [6.07, 6.45) is -0.617. The summed E-state index contributed by atoms with van der Waals surface area (Å²) in [5.41, 5.74) is 5.53. The third kappa shape index (κ3) is 3.58. The van der Waals surface area contributed by atoms with Crippen LogP contribution in [0.3, 0.4) is 0 Å². The third-order valence-corrected chi connectivity index (χ3v) is 5.17. The van der Waals surface area contributed by atoms with Crippen LogP contribution >= 0.6 is 24.4 Å². The van der Waals surface area contributed by atoms with Crippen molar-refractivity contribution in [3.63, 3.8) is 0 Å². The Morgan fingerprint density at radius 2 is 1.52 bits per heavy atom. The number of aliphatic imine (C=N–C) groups is 1. The molecular formula is C23H15N2O2S2+. The van der Waals surface area contributed by atoms with E-state index in [-0.39, 0.29) is 12.5 Å². The van der Waals surface area contributed by atoms with Gasteiger partial charge in [0.15, 0.2) is 0 Å². The summed E-state index contributed by atoms with van der Waals surface area (Å²) < 4.78 is 6.78. The van der Waals surface area contributed by atoms with Crippen LogP contribution in [0.4, 0.5) is 16.2 Å². The summed E-state index contributed by atoms with van der Waals surface area (Å²) in [5.74, 6) is -0.0347. The predicted octanol–water partition coefficient (Wildman–Crippen LogP) is 6.12. The van der Waals surface area contributed by atoms with Gasteiger partial charge in [-0.3, -0.25) is 0 Å². The van der Waals surface area contributed by atoms with Crippen molar-refractivity contribution in [2.45, 2.75) is 5.92 Å². The number of isothiocyanates is 2. The Hall–Kier alpha value is -3.27. The van der Waals surface area contributed by atoms with Gasteiger partial charge in [-0.1, -0.05) is 60.7 Å². The molecule has 6 heteroatoms. The minimum absolute atomic E-state index is 0.0347. The molecule has 0 saturated heterocycles. The number of ether oxygens (including phenoxy) is 1. The maximum absolute atomic E-state index is 12.8. The number of hydrogen-bond acceptors (Lipinski definition) is 5. The number of fused-ring (bicyclic) bond motifs is 3. The molecule has 4 nitrogen and oxygen atoms in total. The predicted molar refractivity (Wildman–Crippen MR) is 119 cm³/mol. The number of benzene rings is 3. The molecule has 0 bridgehead atoms. The van der Waals surface area contributed by atoms with Gasteiger partial charge in [0.1, 0.15) is 12.3 Å². The van der Waals surface area contributed by atoms with E-state index in [4.69, 9.17) is 17.0 Å². The average molecular weight is 416 g/mol. The van der Waals surface area contributed by atoms with E-state index in [1.807, 2.05) is 24.3 Å². The minimum Gasteiger partial charge on any atom is -0.410 e. The van der Waals surface area contributed by atoms with Crippen LogP contribution in [0.25, 0.3) is 11.1 Å². The van der Waals surface area contributed by atoms with Gasteiger partial charge in [-0.25, -0.2) is 0 Å². The van der Waals surface area contributed by atoms with Crippen LogP contribution < -0.4 is 0 Å². The first kappa shape index (κ1) is 19.1. The van der Waals surface area contributed by atoms with Crippen molar-refractivity contribution in [3.8, 4) is 11.1 Å². The van der Waals surface area contributed by atoms with Crippen LogP contribution in [0.2, 0.25) is 0 Å². The summed E-state index contributed by atoms with van der Waals surface area (Å²) in [4.78, 5) is 16.8. The van der Waals surface area contributed by atoms with Gasteiger partial charge in [-0.05, 0) is 45.1 Å². The molecule has 4 rings (SSSR count). The molecule has 140 valence electrons. The molecule has 3 aromatic rings. The Balaban J connectivity index is 1.60. The highest BCUT2D eigenvalue weighted by molar-refractivity contribution is 7.78. The zero-order valence-corrected chi connectivity index (χ0v) is 16.9. The normalized spacial score (nSPS) is 11.6. The van der Waals surface area contributed by atoms with E-state index in [1.165, 1.54) is 11.1 Å². The molecule has 1 aliphatic carbocycles. The number of amides is 1. The van der Waals surface area contributed by atoms with Gasteiger partial charge in [-0.2, -0.15) is 9.79 Å². The summed E-state index contributed by atoms with van der Waals surface area (Å²) in [6, 6.07) is 23.3. The molecule has 1 amide bonds. The first-order valence-corrected chi connectivity index (χ1v) is 9.76. The number of carbonyl (C=O) groups is 1. The lowest BCUT2D eigenvalue weighted by Crippen LogP contribution is -2.20. The molecular weight excluding hydrogens is 400 g/mol. The minimum atomic E-state index is -0.617. The highest BCUT2D eigenvalue weighted by Crippen LogP contribution is 2.44. The summed E-state index contributed by atoms with van der Waals surface area (Å²) >= 11 is 9.62. The van der Waals surface area contributed by atoms with E-state index in [9.17, 15) is 4.79 Å². The standard InChI is InChI=1S/C23H15N2O2S2/c26-23(25(15-29)22-12-6-5-11-21(22)24-14-28)27-13-20-18-9-3-1-7-16(18)17-8-2-4-10-19(17)20/h1-12,20H,13H2/q+1. The molecule has 0 saturated carbocycles. The number of nitrogens with zero attached hydrogens (tertiary/aromatic N) is 2. The number of carbonyl (C=O) groups excluding carboxylic acids is 1. The number of para-hydroxylation sites is 2. The molecule has 1 aliphatic rings. The lowest BCUT2D eigenvalue weighted by atomic mass is 9.98. The molecule has 0 heterocycles. The quantitative estimate of drug-likeness (QED) is 0.293. The van der Waals surface area contributed by atoms with Crippen molar-refractivity contribution >= 4 is 52.2 Å². The average Bonchev–Trinajstić information content (AvgIpc) is 3.08. The highest BCUT2D eigenvalue weighted by atomic mass is 32.1. The van der Waals surface area contributed by atoms with Crippen molar-refractivity contribution in [1.82, 2.24) is 0 Å². The van der Waals surface area contributed by atoms with Gasteiger partial charge in [0.2, 0.25) is 0 Å². The Kier molecular flexibility index (Phi) is 5.52. The van der Waals surface area contributed by atoms with E-state index in [2.05, 4.69) is 51.8 Å². The Labute approximate surface area is 178 Å². The zero-order chi connectivity index (χ0) is 20.2.